The molecule has 0 saturated heterocycles. The first kappa shape index (κ1) is 22.6. The van der Waals surface area contributed by atoms with E-state index in [1.165, 1.54) is 23.3 Å². The molecular formula is C26H36FNO2. The molecule has 1 aromatic carbocycles. The average Bonchev–Trinajstić information content (AvgIpc) is 2.99. The maximum absolute atomic E-state index is 13.2. The van der Waals surface area contributed by atoms with Crippen LogP contribution in [0.15, 0.2) is 47.2 Å². The number of benzene rings is 1. The lowest BCUT2D eigenvalue weighted by Gasteiger charge is -2.38. The van der Waals surface area contributed by atoms with Crippen molar-refractivity contribution in [1.82, 2.24) is 0 Å². The first-order valence-electron chi connectivity index (χ1n) is 11.4. The van der Waals surface area contributed by atoms with Crippen LogP contribution in [0.3, 0.4) is 0 Å². The predicted molar refractivity (Wildman–Crippen MR) is 121 cm³/mol. The van der Waals surface area contributed by atoms with Crippen molar-refractivity contribution in [3.8, 4) is 0 Å². The summed E-state index contributed by atoms with van der Waals surface area (Å²) in [5.41, 5.74) is 3.99. The Kier molecular flexibility index (Phi) is 6.74. The number of halogens is 1. The highest BCUT2D eigenvalue weighted by molar-refractivity contribution is 5.76. The summed E-state index contributed by atoms with van der Waals surface area (Å²) in [5, 5.41) is 3.43. The molecule has 1 saturated carbocycles. The van der Waals surface area contributed by atoms with Crippen molar-refractivity contribution in [1.29, 1.82) is 0 Å². The highest BCUT2D eigenvalue weighted by Gasteiger charge is 2.48. The van der Waals surface area contributed by atoms with Crippen LogP contribution in [-0.2, 0) is 9.53 Å². The Morgan fingerprint density at radius 2 is 1.87 bits per heavy atom. The topological polar surface area (TPSA) is 38.3 Å². The quantitative estimate of drug-likeness (QED) is 0.459. The van der Waals surface area contributed by atoms with Gasteiger partial charge >= 0.3 is 5.97 Å². The first-order chi connectivity index (χ1) is 14.2. The molecule has 0 aliphatic heterocycles. The Bertz CT molecular complexity index is 833. The standard InChI is InChI=1S/C26H36FNO2/c1-6-14-25(4,15-7-2)24(29)30-23-13-8-19-16-22(18(3)17-26(19,23)5)28-21-11-9-20(27)10-12-21/h9-12,16,23,28H,6-8,13-15,17H2,1-5H3. The van der Waals surface area contributed by atoms with Gasteiger partial charge in [-0.15, -0.1) is 0 Å². The van der Waals surface area contributed by atoms with Gasteiger partial charge in [0.25, 0.3) is 0 Å². The van der Waals surface area contributed by atoms with Crippen molar-refractivity contribution in [3.05, 3.63) is 53.0 Å². The van der Waals surface area contributed by atoms with E-state index in [9.17, 15) is 9.18 Å². The van der Waals surface area contributed by atoms with Gasteiger partial charge in [0.2, 0.25) is 0 Å². The molecule has 164 valence electrons. The van der Waals surface area contributed by atoms with Gasteiger partial charge in [-0.1, -0.05) is 39.2 Å². The van der Waals surface area contributed by atoms with Crippen LogP contribution in [-0.4, -0.2) is 12.1 Å². The average molecular weight is 414 g/mol. The van der Waals surface area contributed by atoms with E-state index < -0.39 is 0 Å². The van der Waals surface area contributed by atoms with Gasteiger partial charge in [0.15, 0.2) is 0 Å². The van der Waals surface area contributed by atoms with Gasteiger partial charge < -0.3 is 10.1 Å². The number of anilines is 1. The Balaban J connectivity index is 1.75. The lowest BCUT2D eigenvalue weighted by molar-refractivity contribution is -0.166. The van der Waals surface area contributed by atoms with Gasteiger partial charge in [-0.3, -0.25) is 4.79 Å². The van der Waals surface area contributed by atoms with E-state index in [4.69, 9.17) is 4.74 Å². The van der Waals surface area contributed by atoms with Crippen LogP contribution in [0.5, 0.6) is 0 Å². The van der Waals surface area contributed by atoms with Gasteiger partial charge in [0, 0.05) is 16.8 Å². The second-order valence-corrected chi connectivity index (χ2v) is 9.58. The highest BCUT2D eigenvalue weighted by atomic mass is 19.1. The molecule has 2 unspecified atom stereocenters. The Morgan fingerprint density at radius 3 is 2.47 bits per heavy atom. The van der Waals surface area contributed by atoms with Gasteiger partial charge in [0.05, 0.1) is 5.41 Å². The minimum Gasteiger partial charge on any atom is -0.461 e. The van der Waals surface area contributed by atoms with E-state index in [2.05, 4.69) is 46.0 Å². The molecular weight excluding hydrogens is 377 g/mol. The second kappa shape index (κ2) is 8.95. The summed E-state index contributed by atoms with van der Waals surface area (Å²) < 4.78 is 19.4. The zero-order valence-corrected chi connectivity index (χ0v) is 19.1. The van der Waals surface area contributed by atoms with E-state index in [0.29, 0.717) is 0 Å². The monoisotopic (exact) mass is 413 g/mol. The van der Waals surface area contributed by atoms with Crippen molar-refractivity contribution in [2.75, 3.05) is 5.32 Å². The van der Waals surface area contributed by atoms with Crippen molar-refractivity contribution in [2.24, 2.45) is 10.8 Å². The van der Waals surface area contributed by atoms with Crippen LogP contribution in [0.4, 0.5) is 10.1 Å². The van der Waals surface area contributed by atoms with Crippen LogP contribution in [0, 0.1) is 16.6 Å². The molecule has 2 atom stereocenters. The van der Waals surface area contributed by atoms with Gasteiger partial charge in [0.1, 0.15) is 11.9 Å². The molecule has 3 rings (SSSR count). The zero-order chi connectivity index (χ0) is 21.9. The fraction of sp³-hybridized carbons (Fsp3) is 0.577. The molecule has 0 amide bonds. The lowest BCUT2D eigenvalue weighted by atomic mass is 9.73. The Hall–Kier alpha value is -2.10. The molecule has 4 heteroatoms. The van der Waals surface area contributed by atoms with E-state index in [-0.39, 0.29) is 28.7 Å². The number of nitrogens with one attached hydrogen (secondary N) is 1. The molecule has 0 radical (unpaired) electrons. The summed E-state index contributed by atoms with van der Waals surface area (Å²) in [4.78, 5) is 13.1. The summed E-state index contributed by atoms with van der Waals surface area (Å²) in [6, 6.07) is 6.44. The van der Waals surface area contributed by atoms with E-state index in [1.54, 1.807) is 12.1 Å². The zero-order valence-electron chi connectivity index (χ0n) is 19.1. The summed E-state index contributed by atoms with van der Waals surface area (Å²) in [7, 11) is 0. The summed E-state index contributed by atoms with van der Waals surface area (Å²) >= 11 is 0. The summed E-state index contributed by atoms with van der Waals surface area (Å²) in [6.45, 7) is 10.7. The smallest absolute Gasteiger partial charge is 0.312 e. The molecule has 0 aromatic heterocycles. The molecule has 1 aromatic rings. The predicted octanol–water partition coefficient (Wildman–Crippen LogP) is 7.16. The van der Waals surface area contributed by atoms with Gasteiger partial charge in [-0.2, -0.15) is 0 Å². The van der Waals surface area contributed by atoms with Crippen molar-refractivity contribution in [2.45, 2.75) is 85.7 Å². The van der Waals surface area contributed by atoms with Crippen LogP contribution in [0.1, 0.15) is 79.6 Å². The number of rotatable bonds is 8. The maximum Gasteiger partial charge on any atom is 0.312 e. The molecule has 0 heterocycles. The fourth-order valence-corrected chi connectivity index (χ4v) is 5.23. The van der Waals surface area contributed by atoms with Crippen molar-refractivity contribution in [3.63, 3.8) is 0 Å². The fourth-order valence-electron chi connectivity index (χ4n) is 5.23. The maximum atomic E-state index is 13.2. The second-order valence-electron chi connectivity index (χ2n) is 9.58. The molecule has 2 aliphatic rings. The van der Waals surface area contributed by atoms with Crippen LogP contribution < -0.4 is 5.32 Å². The highest BCUT2D eigenvalue weighted by Crippen LogP contribution is 2.52. The molecule has 30 heavy (non-hydrogen) atoms. The summed E-state index contributed by atoms with van der Waals surface area (Å²) in [6.07, 6.45) is 8.52. The number of hydrogen-bond donors (Lipinski definition) is 1. The molecule has 1 fully saturated rings. The molecule has 1 N–H and O–H groups in total. The van der Waals surface area contributed by atoms with Gasteiger partial charge in [-0.25, -0.2) is 4.39 Å². The lowest BCUT2D eigenvalue weighted by Crippen LogP contribution is -2.39. The number of hydrogen-bond acceptors (Lipinski definition) is 3. The third-order valence-electron chi connectivity index (χ3n) is 7.00. The third kappa shape index (κ3) is 4.48. The van der Waals surface area contributed by atoms with Crippen molar-refractivity contribution < 1.29 is 13.9 Å². The van der Waals surface area contributed by atoms with Crippen LogP contribution in [0.25, 0.3) is 0 Å². The minimum atomic E-state index is -0.388. The number of fused-ring (bicyclic) bond motifs is 1. The summed E-state index contributed by atoms with van der Waals surface area (Å²) in [5.74, 6) is -0.269. The number of carbonyl (C=O) groups is 1. The number of allylic oxidation sites excluding steroid dienone is 2. The van der Waals surface area contributed by atoms with Crippen LogP contribution in [0.2, 0.25) is 0 Å². The normalized spacial score (nSPS) is 23.8. The molecule has 3 nitrogen and oxygen atoms in total. The van der Waals surface area contributed by atoms with Crippen molar-refractivity contribution >= 4 is 11.7 Å². The number of ether oxygens (including phenoxy) is 1. The van der Waals surface area contributed by atoms with Gasteiger partial charge in [-0.05, 0) is 81.9 Å². The Morgan fingerprint density at radius 1 is 1.23 bits per heavy atom. The molecule has 2 aliphatic carbocycles. The number of esters is 1. The first-order valence-corrected chi connectivity index (χ1v) is 11.4. The Labute approximate surface area is 180 Å². The third-order valence-corrected chi connectivity index (χ3v) is 7.00. The largest absolute Gasteiger partial charge is 0.461 e. The van der Waals surface area contributed by atoms with E-state index in [0.717, 1.165) is 56.3 Å². The van der Waals surface area contributed by atoms with E-state index >= 15 is 0 Å². The molecule has 0 spiro atoms. The molecule has 0 bridgehead atoms. The number of carbonyl (C=O) groups excluding carboxylic acids is 1. The minimum absolute atomic E-state index is 0.0319. The van der Waals surface area contributed by atoms with E-state index in [1.807, 2.05) is 0 Å². The SMILES string of the molecule is CCCC(C)(CCC)C(=O)OC1CCC2=CC(Nc3ccc(F)cc3)=C(C)CC21C. The van der Waals surface area contributed by atoms with Crippen LogP contribution >= 0.6 is 0 Å².